The summed E-state index contributed by atoms with van der Waals surface area (Å²) in [6.07, 6.45) is 1.24. The van der Waals surface area contributed by atoms with Crippen molar-refractivity contribution in [3.8, 4) is 0 Å². The minimum absolute atomic E-state index is 0.133. The molecule has 3 rings (SSSR count). The van der Waals surface area contributed by atoms with Crippen LogP contribution in [0.3, 0.4) is 0 Å². The van der Waals surface area contributed by atoms with Crippen LogP contribution in [0.25, 0.3) is 0 Å². The van der Waals surface area contributed by atoms with Gasteiger partial charge in [-0.15, -0.1) is 0 Å². The first kappa shape index (κ1) is 14.9. The fourth-order valence-corrected chi connectivity index (χ4v) is 2.39. The Morgan fingerprint density at radius 3 is 2.43 bits per heavy atom. The van der Waals surface area contributed by atoms with Gasteiger partial charge in [0.25, 0.3) is 0 Å². The SMILES string of the molecule is O=C(Nc1ncn[nH]1)C(=O)N1CCN(c2ccc(F)cc2)CC1. The van der Waals surface area contributed by atoms with Crippen molar-refractivity contribution in [3.63, 3.8) is 0 Å². The van der Waals surface area contributed by atoms with E-state index in [1.54, 1.807) is 12.1 Å². The Kier molecular flexibility index (Phi) is 4.18. The van der Waals surface area contributed by atoms with Crippen LogP contribution in [0.4, 0.5) is 16.0 Å². The standard InChI is InChI=1S/C14H15FN6O2/c15-10-1-3-11(4-2-10)20-5-7-21(8-6-20)13(23)12(22)18-14-16-9-17-19-14/h1-4,9H,5-8H2,(H2,16,17,18,19,22). The maximum absolute atomic E-state index is 12.9. The van der Waals surface area contributed by atoms with Crippen LogP contribution in [-0.4, -0.2) is 58.1 Å². The molecule has 0 atom stereocenters. The van der Waals surface area contributed by atoms with Crippen LogP contribution >= 0.6 is 0 Å². The molecule has 0 spiro atoms. The second kappa shape index (κ2) is 6.42. The number of nitrogens with zero attached hydrogens (tertiary/aromatic N) is 4. The molecular weight excluding hydrogens is 303 g/mol. The van der Waals surface area contributed by atoms with Gasteiger partial charge in [0.1, 0.15) is 12.1 Å². The summed E-state index contributed by atoms with van der Waals surface area (Å²) in [7, 11) is 0. The van der Waals surface area contributed by atoms with Gasteiger partial charge in [0.2, 0.25) is 5.95 Å². The predicted molar refractivity (Wildman–Crippen MR) is 80.2 cm³/mol. The molecule has 120 valence electrons. The smallest absolute Gasteiger partial charge is 0.316 e. The van der Waals surface area contributed by atoms with E-state index in [0.717, 1.165) is 5.69 Å². The van der Waals surface area contributed by atoms with Gasteiger partial charge in [-0.3, -0.25) is 14.9 Å². The Bertz CT molecular complexity index is 680. The lowest BCUT2D eigenvalue weighted by Crippen LogP contribution is -2.51. The molecule has 2 N–H and O–H groups in total. The van der Waals surface area contributed by atoms with Crippen LogP contribution in [0, 0.1) is 5.82 Å². The Morgan fingerprint density at radius 2 is 1.83 bits per heavy atom. The van der Waals surface area contributed by atoms with E-state index in [9.17, 15) is 14.0 Å². The Labute approximate surface area is 131 Å². The van der Waals surface area contributed by atoms with Crippen molar-refractivity contribution in [2.24, 2.45) is 0 Å². The number of H-pyrrole nitrogens is 1. The third kappa shape index (κ3) is 3.44. The van der Waals surface area contributed by atoms with E-state index < -0.39 is 11.8 Å². The van der Waals surface area contributed by atoms with E-state index in [4.69, 9.17) is 0 Å². The van der Waals surface area contributed by atoms with Crippen molar-refractivity contribution in [2.75, 3.05) is 36.4 Å². The number of amides is 2. The van der Waals surface area contributed by atoms with Gasteiger partial charge in [-0.25, -0.2) is 9.49 Å². The molecule has 8 nitrogen and oxygen atoms in total. The molecule has 9 heteroatoms. The quantitative estimate of drug-likeness (QED) is 0.773. The maximum Gasteiger partial charge on any atom is 0.316 e. The average molecular weight is 318 g/mol. The molecule has 1 aliphatic heterocycles. The van der Waals surface area contributed by atoms with E-state index in [1.807, 2.05) is 4.90 Å². The number of nitrogens with one attached hydrogen (secondary N) is 2. The number of piperazine rings is 1. The summed E-state index contributed by atoms with van der Waals surface area (Å²) in [5.41, 5.74) is 0.893. The second-order valence-corrected chi connectivity index (χ2v) is 5.04. The third-order valence-electron chi connectivity index (χ3n) is 3.60. The van der Waals surface area contributed by atoms with E-state index >= 15 is 0 Å². The number of anilines is 2. The normalized spacial score (nSPS) is 14.7. The molecule has 1 aromatic carbocycles. The Hall–Kier alpha value is -2.97. The van der Waals surface area contributed by atoms with Crippen LogP contribution < -0.4 is 10.2 Å². The Morgan fingerprint density at radius 1 is 1.13 bits per heavy atom. The molecule has 2 amide bonds. The first-order chi connectivity index (χ1) is 11.1. The third-order valence-corrected chi connectivity index (χ3v) is 3.60. The van der Waals surface area contributed by atoms with Crippen molar-refractivity contribution in [3.05, 3.63) is 36.4 Å². The number of benzene rings is 1. The molecule has 0 radical (unpaired) electrons. The number of halogens is 1. The molecule has 0 unspecified atom stereocenters. The topological polar surface area (TPSA) is 94.2 Å². The Balaban J connectivity index is 1.54. The van der Waals surface area contributed by atoms with Crippen LogP contribution in [-0.2, 0) is 9.59 Å². The number of aromatic nitrogens is 3. The van der Waals surface area contributed by atoms with Gasteiger partial charge in [0.05, 0.1) is 0 Å². The lowest BCUT2D eigenvalue weighted by molar-refractivity contribution is -0.143. The molecule has 1 aliphatic rings. The highest BCUT2D eigenvalue weighted by Crippen LogP contribution is 2.17. The molecule has 2 aromatic rings. The predicted octanol–water partition coefficient (Wildman–Crippen LogP) is 0.231. The molecule has 0 saturated carbocycles. The highest BCUT2D eigenvalue weighted by Gasteiger charge is 2.26. The number of rotatable bonds is 2. The largest absolute Gasteiger partial charge is 0.368 e. The molecule has 1 aromatic heterocycles. The van der Waals surface area contributed by atoms with E-state index in [2.05, 4.69) is 20.5 Å². The van der Waals surface area contributed by atoms with Crippen molar-refractivity contribution in [1.82, 2.24) is 20.1 Å². The zero-order valence-corrected chi connectivity index (χ0v) is 12.2. The van der Waals surface area contributed by atoms with Crippen molar-refractivity contribution < 1.29 is 14.0 Å². The van der Waals surface area contributed by atoms with Crippen molar-refractivity contribution >= 4 is 23.5 Å². The summed E-state index contributed by atoms with van der Waals surface area (Å²) in [6, 6.07) is 6.20. The van der Waals surface area contributed by atoms with E-state index in [0.29, 0.717) is 26.2 Å². The second-order valence-electron chi connectivity index (χ2n) is 5.04. The fourth-order valence-electron chi connectivity index (χ4n) is 2.39. The molecular formula is C14H15FN6O2. The summed E-state index contributed by atoms with van der Waals surface area (Å²) >= 11 is 0. The molecule has 23 heavy (non-hydrogen) atoms. The minimum atomic E-state index is -0.753. The fraction of sp³-hybridized carbons (Fsp3) is 0.286. The lowest BCUT2D eigenvalue weighted by Gasteiger charge is -2.35. The van der Waals surface area contributed by atoms with Crippen molar-refractivity contribution in [1.29, 1.82) is 0 Å². The van der Waals surface area contributed by atoms with Crippen LogP contribution in [0.1, 0.15) is 0 Å². The number of carbonyl (C=O) groups is 2. The van der Waals surface area contributed by atoms with E-state index in [1.165, 1.54) is 23.4 Å². The zero-order valence-electron chi connectivity index (χ0n) is 12.2. The number of hydrogen-bond acceptors (Lipinski definition) is 5. The van der Waals surface area contributed by atoms with Gasteiger partial charge in [-0.2, -0.15) is 10.1 Å². The van der Waals surface area contributed by atoms with Gasteiger partial charge in [0, 0.05) is 31.9 Å². The summed E-state index contributed by atoms with van der Waals surface area (Å²) in [5, 5.41) is 8.40. The summed E-state index contributed by atoms with van der Waals surface area (Å²) < 4.78 is 12.9. The van der Waals surface area contributed by atoms with Gasteiger partial charge in [0.15, 0.2) is 0 Å². The van der Waals surface area contributed by atoms with Crippen molar-refractivity contribution in [2.45, 2.75) is 0 Å². The monoisotopic (exact) mass is 318 g/mol. The molecule has 1 saturated heterocycles. The van der Waals surface area contributed by atoms with Crippen LogP contribution in [0.5, 0.6) is 0 Å². The first-order valence-electron chi connectivity index (χ1n) is 7.09. The highest BCUT2D eigenvalue weighted by atomic mass is 19.1. The maximum atomic E-state index is 12.9. The van der Waals surface area contributed by atoms with Gasteiger partial charge in [-0.1, -0.05) is 0 Å². The van der Waals surface area contributed by atoms with Gasteiger partial charge in [-0.05, 0) is 24.3 Å². The summed E-state index contributed by atoms with van der Waals surface area (Å²) in [5.74, 6) is -1.52. The van der Waals surface area contributed by atoms with Crippen LogP contribution in [0.2, 0.25) is 0 Å². The van der Waals surface area contributed by atoms with Crippen LogP contribution in [0.15, 0.2) is 30.6 Å². The number of hydrogen-bond donors (Lipinski definition) is 2. The number of aromatic amines is 1. The van der Waals surface area contributed by atoms with Gasteiger partial charge >= 0.3 is 11.8 Å². The first-order valence-corrected chi connectivity index (χ1v) is 7.09. The highest BCUT2D eigenvalue weighted by molar-refractivity contribution is 6.39. The van der Waals surface area contributed by atoms with E-state index in [-0.39, 0.29) is 11.8 Å². The molecule has 2 heterocycles. The zero-order chi connectivity index (χ0) is 16.2. The summed E-state index contributed by atoms with van der Waals surface area (Å²) in [4.78, 5) is 31.2. The lowest BCUT2D eigenvalue weighted by atomic mass is 10.2. The molecule has 0 bridgehead atoms. The van der Waals surface area contributed by atoms with Gasteiger partial charge < -0.3 is 9.80 Å². The number of carbonyl (C=O) groups excluding carboxylic acids is 2. The summed E-state index contributed by atoms with van der Waals surface area (Å²) in [6.45, 7) is 1.99. The molecule has 0 aliphatic carbocycles. The average Bonchev–Trinajstić information content (AvgIpc) is 3.08. The molecule has 1 fully saturated rings. The minimum Gasteiger partial charge on any atom is -0.368 e.